The SMILES string of the molecule is Cc1ccc2c(oc3ncccc32)c1-c1ccc(-c2ccc(CC(C)C)cc2)c[n+]1C.Cc1ccc2c(oc3ncccc32)c1-c1ccc(-c2cccc(C(C)C)c2)c[n+]1C.Cc1ccc2c(oc3ncccc32)c1-c1ccc(-c2cccc(CC(C)C)c2)c[n+]1C.Cc1cccc(-c2ccc(-c3c(C)ccc4c3oc3ncccc34)[n+](C)c2)c1. The van der Waals surface area contributed by atoms with Gasteiger partial charge in [-0.05, 0) is 199 Å². The van der Waals surface area contributed by atoms with E-state index in [1.165, 1.54) is 89.0 Å². The number of benzene rings is 8. The molecule has 0 unspecified atom stereocenters. The second kappa shape index (κ2) is 33.3. The predicted octanol–water partition coefficient (Wildman–Crippen LogP) is 25.6. The van der Waals surface area contributed by atoms with Crippen LogP contribution in [-0.2, 0) is 41.0 Å². The molecule has 0 N–H and O–H groups in total. The summed E-state index contributed by atoms with van der Waals surface area (Å²) in [6, 6.07) is 86.1. The standard InChI is InChI=1S/2C28H27N2O.C27H25N2O.C25H21N2O/c1-18(2)15-20-7-5-8-21(16-20)22-11-13-25(30(4)17-22)26-19(3)10-12-23-24-9-6-14-29-28(24)31-27(23)26;1-18(2)16-20-8-10-21(11-9-20)22-12-14-25(30(4)17-22)26-19(3)7-13-23-24-6-5-15-29-28(24)31-27(23)26;1-17(2)19-7-5-8-20(15-19)21-11-13-24(29(4)16-21)25-18(3)10-12-22-23-9-6-14-28-27(23)30-26(22)25;1-16-6-4-7-18(14-16)19-10-12-22(27(3)15-19)23-17(2)9-11-20-21-8-5-13-26-25(21)28-24(20)23/h5-14,16-18H,15H2,1-4H3;5-15,17-18H,16H2,1-4H3;5-17H,1-4H3;4-15H,1-3H3/q4*+1. The highest BCUT2D eigenvalue weighted by Crippen LogP contribution is 2.42. The summed E-state index contributed by atoms with van der Waals surface area (Å²) < 4.78 is 33.6. The molecule has 0 bridgehead atoms. The topological polar surface area (TPSA) is 120 Å². The summed E-state index contributed by atoms with van der Waals surface area (Å²) in [5.74, 6) is 1.83. The second-order valence-corrected chi connectivity index (χ2v) is 33.3. The Labute approximate surface area is 701 Å². The Kier molecular flexibility index (Phi) is 21.8. The van der Waals surface area contributed by atoms with Gasteiger partial charge in [-0.25, -0.2) is 38.2 Å². The predicted molar refractivity (Wildman–Crippen MR) is 489 cm³/mol. The van der Waals surface area contributed by atoms with E-state index in [0.29, 0.717) is 40.6 Å². The maximum atomic E-state index is 6.22. The van der Waals surface area contributed by atoms with E-state index in [0.717, 1.165) is 123 Å². The molecule has 12 heterocycles. The molecule has 20 rings (SSSR count). The van der Waals surface area contributed by atoms with Crippen molar-refractivity contribution in [2.24, 2.45) is 40.0 Å². The molecule has 0 atom stereocenters. The number of furan rings is 4. The van der Waals surface area contributed by atoms with Gasteiger partial charge in [0.15, 0.2) is 47.1 Å². The Morgan fingerprint density at radius 3 is 0.908 bits per heavy atom. The fourth-order valence-electron chi connectivity index (χ4n) is 17.1. The molecule has 0 aliphatic carbocycles. The lowest BCUT2D eigenvalue weighted by molar-refractivity contribution is -0.660. The summed E-state index contributed by atoms with van der Waals surface area (Å²) in [4.78, 5) is 17.6. The summed E-state index contributed by atoms with van der Waals surface area (Å²) in [5.41, 5.74) is 35.2. The molecule has 120 heavy (non-hydrogen) atoms. The summed E-state index contributed by atoms with van der Waals surface area (Å²) in [6.07, 6.45) is 18.1. The van der Waals surface area contributed by atoms with Crippen molar-refractivity contribution in [2.45, 2.75) is 94.9 Å². The maximum Gasteiger partial charge on any atom is 0.227 e. The molecule has 12 heteroatoms. The van der Waals surface area contributed by atoms with Gasteiger partial charge in [0.05, 0.1) is 22.3 Å². The van der Waals surface area contributed by atoms with Crippen LogP contribution in [0.5, 0.6) is 0 Å². The van der Waals surface area contributed by atoms with Crippen LogP contribution in [0.3, 0.4) is 0 Å². The van der Waals surface area contributed by atoms with Crippen LogP contribution < -0.4 is 18.3 Å². The lowest BCUT2D eigenvalue weighted by Crippen LogP contribution is -2.31. The van der Waals surface area contributed by atoms with E-state index in [2.05, 4.69) is 386 Å². The third-order valence-corrected chi connectivity index (χ3v) is 23.1. The third kappa shape index (κ3) is 15.6. The highest BCUT2D eigenvalue weighted by molar-refractivity contribution is 6.12. The Balaban J connectivity index is 0.000000114. The van der Waals surface area contributed by atoms with Crippen molar-refractivity contribution in [3.05, 3.63) is 337 Å². The highest BCUT2D eigenvalue weighted by Gasteiger charge is 2.27. The zero-order valence-electron chi connectivity index (χ0n) is 71.1. The molecule has 12 aromatic heterocycles. The average Bonchev–Trinajstić information content (AvgIpc) is 1.55. The smallest absolute Gasteiger partial charge is 0.227 e. The fourth-order valence-corrected chi connectivity index (χ4v) is 17.1. The van der Waals surface area contributed by atoms with Gasteiger partial charge in [0.1, 0.15) is 28.2 Å². The van der Waals surface area contributed by atoms with Gasteiger partial charge in [-0.1, -0.05) is 193 Å². The van der Waals surface area contributed by atoms with E-state index < -0.39 is 0 Å². The van der Waals surface area contributed by atoms with E-state index in [4.69, 9.17) is 17.7 Å². The second-order valence-electron chi connectivity index (χ2n) is 33.3. The van der Waals surface area contributed by atoms with Crippen molar-refractivity contribution < 1.29 is 35.9 Å². The van der Waals surface area contributed by atoms with Crippen molar-refractivity contribution in [3.8, 4) is 89.5 Å². The largest absolute Gasteiger partial charge is 0.437 e. The van der Waals surface area contributed by atoms with Crippen LogP contribution in [0.2, 0.25) is 0 Å². The molecule has 592 valence electrons. The van der Waals surface area contributed by atoms with Crippen LogP contribution in [0.1, 0.15) is 92.0 Å². The molecule has 0 saturated heterocycles. The van der Waals surface area contributed by atoms with Gasteiger partial charge in [0, 0.05) is 114 Å². The average molecular weight is 1570 g/mol. The van der Waals surface area contributed by atoms with E-state index in [1.807, 2.05) is 24.3 Å². The normalized spacial score (nSPS) is 11.6. The number of hydrogen-bond donors (Lipinski definition) is 0. The van der Waals surface area contributed by atoms with Crippen LogP contribution in [0.4, 0.5) is 0 Å². The lowest BCUT2D eigenvalue weighted by Gasteiger charge is -2.09. The van der Waals surface area contributed by atoms with E-state index in [-0.39, 0.29) is 0 Å². The summed E-state index contributed by atoms with van der Waals surface area (Å²) in [7, 11) is 8.40. The van der Waals surface area contributed by atoms with Gasteiger partial charge in [0.2, 0.25) is 45.6 Å². The van der Waals surface area contributed by atoms with Crippen LogP contribution >= 0.6 is 0 Å². The Hall–Kier alpha value is -13.8. The number of aromatic nitrogens is 8. The first-order valence-corrected chi connectivity index (χ1v) is 41.6. The minimum Gasteiger partial charge on any atom is -0.437 e. The fraction of sp³-hybridized carbons (Fsp3) is 0.185. The van der Waals surface area contributed by atoms with Crippen LogP contribution in [0, 0.1) is 46.5 Å². The lowest BCUT2D eigenvalue weighted by atomic mass is 9.97. The molecule has 0 fully saturated rings. The van der Waals surface area contributed by atoms with E-state index in [1.54, 1.807) is 24.8 Å². The van der Waals surface area contributed by atoms with Gasteiger partial charge >= 0.3 is 0 Å². The first-order chi connectivity index (χ1) is 58.2. The van der Waals surface area contributed by atoms with Crippen LogP contribution in [-0.4, -0.2) is 19.9 Å². The number of aryl methyl sites for hydroxylation is 9. The van der Waals surface area contributed by atoms with Crippen LogP contribution in [0.25, 0.3) is 178 Å². The highest BCUT2D eigenvalue weighted by atomic mass is 16.4. The molecule has 12 nitrogen and oxygen atoms in total. The Morgan fingerprint density at radius 1 is 0.267 bits per heavy atom. The van der Waals surface area contributed by atoms with Gasteiger partial charge in [0.25, 0.3) is 0 Å². The molecule has 0 aliphatic rings. The number of nitrogens with zero attached hydrogens (tertiary/aromatic N) is 8. The van der Waals surface area contributed by atoms with Gasteiger partial charge in [-0.3, -0.25) is 0 Å². The molecular weight excluding hydrogens is 1470 g/mol. The molecule has 20 aromatic rings. The number of fused-ring (bicyclic) bond motifs is 12. The van der Waals surface area contributed by atoms with Crippen molar-refractivity contribution >= 4 is 88.3 Å². The number of rotatable bonds is 13. The van der Waals surface area contributed by atoms with Crippen LogP contribution in [0.15, 0.2) is 310 Å². The summed E-state index contributed by atoms with van der Waals surface area (Å²) >= 11 is 0. The molecule has 0 radical (unpaired) electrons. The first-order valence-electron chi connectivity index (χ1n) is 41.6. The molecule has 8 aromatic carbocycles. The number of hydrogen-bond acceptors (Lipinski definition) is 8. The minimum atomic E-state index is 0.514. The first kappa shape index (κ1) is 78.7. The van der Waals surface area contributed by atoms with Crippen molar-refractivity contribution in [1.29, 1.82) is 0 Å². The van der Waals surface area contributed by atoms with Crippen molar-refractivity contribution in [1.82, 2.24) is 19.9 Å². The molecule has 0 spiro atoms. The monoisotopic (exact) mass is 1570 g/mol. The van der Waals surface area contributed by atoms with E-state index in [9.17, 15) is 0 Å². The molecule has 0 amide bonds. The molecule has 0 aliphatic heterocycles. The Bertz CT molecular complexity index is 7280. The third-order valence-electron chi connectivity index (χ3n) is 23.1. The minimum absolute atomic E-state index is 0.514. The number of pyridine rings is 8. The van der Waals surface area contributed by atoms with Crippen molar-refractivity contribution in [3.63, 3.8) is 0 Å². The summed E-state index contributed by atoms with van der Waals surface area (Å²) in [6.45, 7) is 24.2. The van der Waals surface area contributed by atoms with Crippen molar-refractivity contribution in [2.75, 3.05) is 0 Å². The quantitative estimate of drug-likeness (QED) is 0.105. The molecule has 0 saturated carbocycles. The molecular formula is C108H100N8O4+4. The Morgan fingerprint density at radius 2 is 0.575 bits per heavy atom. The van der Waals surface area contributed by atoms with Gasteiger partial charge in [-0.2, -0.15) is 0 Å². The summed E-state index contributed by atoms with van der Waals surface area (Å²) in [5, 5.41) is 8.64. The van der Waals surface area contributed by atoms with Gasteiger partial charge in [-0.15, -0.1) is 0 Å². The zero-order valence-corrected chi connectivity index (χ0v) is 71.1. The zero-order chi connectivity index (χ0) is 83.1. The maximum absolute atomic E-state index is 6.22. The van der Waals surface area contributed by atoms with Gasteiger partial charge < -0.3 is 17.7 Å². The van der Waals surface area contributed by atoms with E-state index >= 15 is 0 Å².